The highest BCUT2D eigenvalue weighted by Crippen LogP contribution is 1.37. The summed E-state index contributed by atoms with van der Waals surface area (Å²) >= 11 is 0. The first-order valence-corrected chi connectivity index (χ1v) is 1.15. The van der Waals surface area contributed by atoms with Crippen LogP contribution in [0.2, 0.25) is 0 Å². The first-order chi connectivity index (χ1) is 2.41. The summed E-state index contributed by atoms with van der Waals surface area (Å²) in [6.45, 7) is 0. The standard InChI is InChI=1S/C2H4N2O.ClH/c3-1-2-4-5;/h4-5H,2H2;1H. The van der Waals surface area contributed by atoms with Crippen molar-refractivity contribution < 1.29 is 5.21 Å². The zero-order chi connectivity index (χ0) is 4.12. The van der Waals surface area contributed by atoms with Gasteiger partial charge >= 0.3 is 0 Å². The monoisotopic (exact) mass is 108 g/mol. The average Bonchev–Trinajstić information content (AvgIpc) is 1.41. The summed E-state index contributed by atoms with van der Waals surface area (Å²) in [7, 11) is 0. The Morgan fingerprint density at radius 3 is 2.33 bits per heavy atom. The Hall–Kier alpha value is -0.300. The SMILES string of the molecule is Cl.N#CCNO. The van der Waals surface area contributed by atoms with E-state index in [-0.39, 0.29) is 19.0 Å². The summed E-state index contributed by atoms with van der Waals surface area (Å²) in [5.41, 5.74) is 1.66. The van der Waals surface area contributed by atoms with Gasteiger partial charge in [0.15, 0.2) is 0 Å². The highest BCUT2D eigenvalue weighted by atomic mass is 35.5. The van der Waals surface area contributed by atoms with Crippen LogP contribution in [-0.2, 0) is 0 Å². The highest BCUT2D eigenvalue weighted by Gasteiger charge is 1.62. The van der Waals surface area contributed by atoms with Crippen LogP contribution in [0.3, 0.4) is 0 Å². The van der Waals surface area contributed by atoms with Crippen LogP contribution in [0.1, 0.15) is 0 Å². The number of hydrogen-bond acceptors (Lipinski definition) is 3. The van der Waals surface area contributed by atoms with Gasteiger partial charge in [-0.25, -0.2) is 0 Å². The van der Waals surface area contributed by atoms with Crippen molar-refractivity contribution >= 4 is 12.4 Å². The normalized spacial score (nSPS) is 5.33. The Bertz CT molecular complexity index is 50.0. The number of halogens is 1. The molecule has 0 saturated heterocycles. The molecule has 0 heterocycles. The lowest BCUT2D eigenvalue weighted by molar-refractivity contribution is 0.181. The molecule has 0 spiro atoms. The maximum absolute atomic E-state index is 7.59. The van der Waals surface area contributed by atoms with Crippen LogP contribution < -0.4 is 5.48 Å². The van der Waals surface area contributed by atoms with Gasteiger partial charge in [-0.15, -0.1) is 12.4 Å². The predicted molar refractivity (Wildman–Crippen MR) is 22.7 cm³/mol. The van der Waals surface area contributed by atoms with E-state index in [1.54, 1.807) is 11.5 Å². The third-order valence-corrected chi connectivity index (χ3v) is 0.158. The minimum absolute atomic E-state index is 0. The van der Waals surface area contributed by atoms with Crippen molar-refractivity contribution in [3.8, 4) is 6.07 Å². The van der Waals surface area contributed by atoms with E-state index in [9.17, 15) is 0 Å². The first kappa shape index (κ1) is 9.20. The van der Waals surface area contributed by atoms with Crippen molar-refractivity contribution in [1.82, 2.24) is 5.48 Å². The lowest BCUT2D eigenvalue weighted by Gasteiger charge is -1.73. The van der Waals surface area contributed by atoms with Gasteiger partial charge in [0.2, 0.25) is 0 Å². The molecule has 0 atom stereocenters. The molecule has 0 aromatic carbocycles. The van der Waals surface area contributed by atoms with E-state index < -0.39 is 0 Å². The summed E-state index contributed by atoms with van der Waals surface area (Å²) in [6, 6.07) is 1.66. The predicted octanol–water partition coefficient (Wildman–Crippen LogP) is -0.0894. The Kier molecular flexibility index (Phi) is 13.5. The molecule has 0 aliphatic heterocycles. The van der Waals surface area contributed by atoms with Gasteiger partial charge in [-0.3, -0.25) is 0 Å². The zero-order valence-corrected chi connectivity index (χ0v) is 3.83. The molecule has 0 unspecified atom stereocenters. The van der Waals surface area contributed by atoms with E-state index in [0.29, 0.717) is 0 Å². The van der Waals surface area contributed by atoms with Gasteiger partial charge in [-0.05, 0) is 0 Å². The third-order valence-electron chi connectivity index (χ3n) is 0.158. The van der Waals surface area contributed by atoms with Crippen LogP contribution in [0.4, 0.5) is 0 Å². The summed E-state index contributed by atoms with van der Waals surface area (Å²) in [4.78, 5) is 0. The molecular formula is C2H5ClN2O. The van der Waals surface area contributed by atoms with Gasteiger partial charge < -0.3 is 5.21 Å². The molecule has 6 heavy (non-hydrogen) atoms. The molecule has 0 bridgehead atoms. The number of hydroxylamine groups is 1. The van der Waals surface area contributed by atoms with Crippen LogP contribution in [0.5, 0.6) is 0 Å². The van der Waals surface area contributed by atoms with Crippen LogP contribution in [0.15, 0.2) is 0 Å². The molecule has 0 fully saturated rings. The molecule has 2 N–H and O–H groups in total. The number of nitrogens with zero attached hydrogens (tertiary/aromatic N) is 1. The summed E-state index contributed by atoms with van der Waals surface area (Å²) in [5, 5.41) is 15.2. The highest BCUT2D eigenvalue weighted by molar-refractivity contribution is 5.85. The number of hydrogen-bond donors (Lipinski definition) is 2. The van der Waals surface area contributed by atoms with Crippen molar-refractivity contribution in [2.75, 3.05) is 6.54 Å². The molecule has 0 radical (unpaired) electrons. The number of nitriles is 1. The third kappa shape index (κ3) is 9.33. The average molecular weight is 109 g/mol. The number of rotatable bonds is 1. The Morgan fingerprint density at radius 2 is 2.33 bits per heavy atom. The minimum atomic E-state index is 0. The Labute approximate surface area is 41.9 Å². The second-order valence-electron chi connectivity index (χ2n) is 0.493. The van der Waals surface area contributed by atoms with Crippen molar-refractivity contribution in [3.63, 3.8) is 0 Å². The van der Waals surface area contributed by atoms with Gasteiger partial charge in [0.25, 0.3) is 0 Å². The summed E-state index contributed by atoms with van der Waals surface area (Å²) in [5.74, 6) is 0. The lowest BCUT2D eigenvalue weighted by Crippen LogP contribution is -2.04. The smallest absolute Gasteiger partial charge is 0.108 e. The molecule has 3 nitrogen and oxygen atoms in total. The fraction of sp³-hybridized carbons (Fsp3) is 0.500. The van der Waals surface area contributed by atoms with Gasteiger partial charge in [0.05, 0.1) is 6.07 Å². The molecule has 0 saturated carbocycles. The van der Waals surface area contributed by atoms with Gasteiger partial charge in [0, 0.05) is 0 Å². The van der Waals surface area contributed by atoms with Crippen molar-refractivity contribution in [2.24, 2.45) is 0 Å². The molecular weight excluding hydrogens is 103 g/mol. The topological polar surface area (TPSA) is 56.0 Å². The molecule has 0 aromatic rings. The molecule has 0 aromatic heterocycles. The summed E-state index contributed by atoms with van der Waals surface area (Å²) in [6.07, 6.45) is 0. The van der Waals surface area contributed by atoms with E-state index in [1.165, 1.54) is 0 Å². The fourth-order valence-electron chi connectivity index (χ4n) is 0.0354. The lowest BCUT2D eigenvalue weighted by atomic mass is 10.8. The summed E-state index contributed by atoms with van der Waals surface area (Å²) < 4.78 is 0. The molecule has 0 rings (SSSR count). The number of nitrogens with one attached hydrogen (secondary N) is 1. The Balaban J connectivity index is 0. The van der Waals surface area contributed by atoms with Crippen LogP contribution >= 0.6 is 12.4 Å². The quantitative estimate of drug-likeness (QED) is 0.365. The Morgan fingerprint density at radius 1 is 1.83 bits per heavy atom. The van der Waals surface area contributed by atoms with Gasteiger partial charge in [0.1, 0.15) is 6.54 Å². The van der Waals surface area contributed by atoms with Crippen molar-refractivity contribution in [3.05, 3.63) is 0 Å². The van der Waals surface area contributed by atoms with Gasteiger partial charge in [-0.1, -0.05) is 0 Å². The second-order valence-corrected chi connectivity index (χ2v) is 0.493. The van der Waals surface area contributed by atoms with E-state index in [2.05, 4.69) is 0 Å². The first-order valence-electron chi connectivity index (χ1n) is 1.15. The van der Waals surface area contributed by atoms with E-state index in [1.807, 2.05) is 0 Å². The van der Waals surface area contributed by atoms with Gasteiger partial charge in [-0.2, -0.15) is 10.7 Å². The second kappa shape index (κ2) is 8.83. The molecule has 36 valence electrons. The van der Waals surface area contributed by atoms with E-state index in [4.69, 9.17) is 10.5 Å². The molecule has 0 aliphatic rings. The van der Waals surface area contributed by atoms with Crippen LogP contribution in [0.25, 0.3) is 0 Å². The molecule has 4 heteroatoms. The van der Waals surface area contributed by atoms with Crippen molar-refractivity contribution in [1.29, 1.82) is 5.26 Å². The fourth-order valence-corrected chi connectivity index (χ4v) is 0.0354. The maximum Gasteiger partial charge on any atom is 0.108 e. The molecule has 0 amide bonds. The van der Waals surface area contributed by atoms with Crippen LogP contribution in [-0.4, -0.2) is 11.8 Å². The molecule has 0 aliphatic carbocycles. The van der Waals surface area contributed by atoms with Crippen LogP contribution in [0, 0.1) is 11.3 Å². The van der Waals surface area contributed by atoms with E-state index >= 15 is 0 Å². The zero-order valence-electron chi connectivity index (χ0n) is 3.01. The van der Waals surface area contributed by atoms with Crippen molar-refractivity contribution in [2.45, 2.75) is 0 Å². The van der Waals surface area contributed by atoms with E-state index in [0.717, 1.165) is 0 Å². The largest absolute Gasteiger partial charge is 0.316 e. The minimum Gasteiger partial charge on any atom is -0.316 e. The maximum atomic E-state index is 7.59.